The average Bonchev–Trinajstić information content (AvgIpc) is 3.21. The van der Waals surface area contributed by atoms with Gasteiger partial charge in [0.2, 0.25) is 17.6 Å². The maximum atomic E-state index is 12.2. The highest BCUT2D eigenvalue weighted by Gasteiger charge is 2.13. The van der Waals surface area contributed by atoms with Crippen LogP contribution in [0.5, 0.6) is 0 Å². The van der Waals surface area contributed by atoms with E-state index in [9.17, 15) is 4.79 Å². The van der Waals surface area contributed by atoms with Gasteiger partial charge in [-0.2, -0.15) is 4.98 Å². The number of carbonyl (C=O) groups excluding carboxylic acids is 1. The molecular formula is C22H19N3O2S. The Balaban J connectivity index is 1.43. The molecule has 0 saturated heterocycles. The molecule has 0 bridgehead atoms. The van der Waals surface area contributed by atoms with Crippen LogP contribution in [0.15, 0.2) is 76.1 Å². The standard InChI is InChI=1S/C22H19N3O2S/c1-28-17-9-5-8-16(14-17)23-20(26)12-13-21-24-22(25-27-21)19-11-4-7-15-6-2-3-10-18(15)19/h2-11,14H,12-13H2,1H3,(H,23,26). The van der Waals surface area contributed by atoms with Gasteiger partial charge >= 0.3 is 0 Å². The van der Waals surface area contributed by atoms with Gasteiger partial charge in [0.1, 0.15) is 0 Å². The summed E-state index contributed by atoms with van der Waals surface area (Å²) in [6.45, 7) is 0. The number of fused-ring (bicyclic) bond motifs is 1. The highest BCUT2D eigenvalue weighted by molar-refractivity contribution is 7.98. The quantitative estimate of drug-likeness (QED) is 0.460. The van der Waals surface area contributed by atoms with Crippen molar-refractivity contribution in [2.75, 3.05) is 11.6 Å². The first kappa shape index (κ1) is 18.3. The van der Waals surface area contributed by atoms with E-state index in [4.69, 9.17) is 4.52 Å². The Bertz CT molecular complexity index is 1120. The van der Waals surface area contributed by atoms with Crippen LogP contribution in [0.1, 0.15) is 12.3 Å². The molecule has 0 radical (unpaired) electrons. The molecule has 28 heavy (non-hydrogen) atoms. The van der Waals surface area contributed by atoms with E-state index in [1.807, 2.05) is 60.9 Å². The normalized spacial score (nSPS) is 10.9. The van der Waals surface area contributed by atoms with Crippen LogP contribution in [0.4, 0.5) is 5.69 Å². The lowest BCUT2D eigenvalue weighted by Crippen LogP contribution is -2.12. The topological polar surface area (TPSA) is 68.0 Å². The number of hydrogen-bond donors (Lipinski definition) is 1. The van der Waals surface area contributed by atoms with E-state index >= 15 is 0 Å². The second-order valence-corrected chi connectivity index (χ2v) is 7.20. The lowest BCUT2D eigenvalue weighted by Gasteiger charge is -2.05. The third-order valence-electron chi connectivity index (χ3n) is 4.42. The van der Waals surface area contributed by atoms with Gasteiger partial charge in [-0.1, -0.05) is 53.7 Å². The van der Waals surface area contributed by atoms with Gasteiger partial charge in [0.15, 0.2) is 0 Å². The largest absolute Gasteiger partial charge is 0.339 e. The van der Waals surface area contributed by atoms with Gasteiger partial charge in [0, 0.05) is 29.0 Å². The Morgan fingerprint density at radius 2 is 1.89 bits per heavy atom. The fraction of sp³-hybridized carbons (Fsp3) is 0.136. The molecule has 0 fully saturated rings. The Kier molecular flexibility index (Phi) is 5.39. The van der Waals surface area contributed by atoms with Crippen molar-refractivity contribution in [1.82, 2.24) is 10.1 Å². The third-order valence-corrected chi connectivity index (χ3v) is 5.14. The fourth-order valence-corrected chi connectivity index (χ4v) is 3.49. The van der Waals surface area contributed by atoms with Crippen molar-refractivity contribution in [1.29, 1.82) is 0 Å². The number of nitrogens with one attached hydrogen (secondary N) is 1. The van der Waals surface area contributed by atoms with Crippen molar-refractivity contribution in [3.63, 3.8) is 0 Å². The molecule has 1 amide bonds. The average molecular weight is 389 g/mol. The molecule has 140 valence electrons. The lowest BCUT2D eigenvalue weighted by molar-refractivity contribution is -0.116. The molecule has 0 aliphatic carbocycles. The van der Waals surface area contributed by atoms with Gasteiger partial charge in [0.25, 0.3) is 0 Å². The molecule has 4 rings (SSSR count). The number of thioether (sulfide) groups is 1. The fourth-order valence-electron chi connectivity index (χ4n) is 3.03. The minimum absolute atomic E-state index is 0.0804. The van der Waals surface area contributed by atoms with Crippen molar-refractivity contribution >= 4 is 34.1 Å². The summed E-state index contributed by atoms with van der Waals surface area (Å²) in [4.78, 5) is 17.8. The molecule has 1 aromatic heterocycles. The van der Waals surface area contributed by atoms with E-state index in [0.717, 1.165) is 26.9 Å². The van der Waals surface area contributed by atoms with Crippen LogP contribution in [0.2, 0.25) is 0 Å². The number of rotatable bonds is 6. The van der Waals surface area contributed by atoms with E-state index in [1.54, 1.807) is 11.8 Å². The molecule has 5 nitrogen and oxygen atoms in total. The van der Waals surface area contributed by atoms with Crippen molar-refractivity contribution in [3.8, 4) is 11.4 Å². The first-order chi connectivity index (χ1) is 13.7. The Morgan fingerprint density at radius 3 is 2.79 bits per heavy atom. The zero-order valence-corrected chi connectivity index (χ0v) is 16.2. The maximum Gasteiger partial charge on any atom is 0.227 e. The minimum atomic E-state index is -0.0804. The van der Waals surface area contributed by atoms with Gasteiger partial charge in [-0.3, -0.25) is 4.79 Å². The summed E-state index contributed by atoms with van der Waals surface area (Å²) in [5, 5.41) is 9.20. The number of hydrogen-bond acceptors (Lipinski definition) is 5. The van der Waals surface area contributed by atoms with Gasteiger partial charge < -0.3 is 9.84 Å². The van der Waals surface area contributed by atoms with Crippen LogP contribution in [0, 0.1) is 0 Å². The zero-order chi connectivity index (χ0) is 19.3. The Hall–Kier alpha value is -3.12. The van der Waals surface area contributed by atoms with Crippen molar-refractivity contribution in [2.45, 2.75) is 17.7 Å². The molecule has 0 aliphatic rings. The number of benzene rings is 3. The van der Waals surface area contributed by atoms with Crippen LogP contribution in [0.3, 0.4) is 0 Å². The number of amides is 1. The lowest BCUT2D eigenvalue weighted by atomic mass is 10.0. The van der Waals surface area contributed by atoms with Crippen LogP contribution >= 0.6 is 11.8 Å². The van der Waals surface area contributed by atoms with E-state index < -0.39 is 0 Å². The molecule has 4 aromatic rings. The highest BCUT2D eigenvalue weighted by Crippen LogP contribution is 2.26. The number of carbonyl (C=O) groups is 1. The smallest absolute Gasteiger partial charge is 0.227 e. The molecule has 0 aliphatic heterocycles. The van der Waals surface area contributed by atoms with E-state index in [1.165, 1.54) is 0 Å². The van der Waals surface area contributed by atoms with Crippen molar-refractivity contribution in [3.05, 3.63) is 72.6 Å². The molecule has 1 N–H and O–H groups in total. The summed E-state index contributed by atoms with van der Waals surface area (Å²) in [5.74, 6) is 0.916. The van der Waals surface area contributed by atoms with Crippen LogP contribution in [0.25, 0.3) is 22.2 Å². The highest BCUT2D eigenvalue weighted by atomic mass is 32.2. The molecule has 0 unspecified atom stereocenters. The second-order valence-electron chi connectivity index (χ2n) is 6.32. The summed E-state index contributed by atoms with van der Waals surface area (Å²) >= 11 is 1.64. The van der Waals surface area contributed by atoms with Gasteiger partial charge in [-0.05, 0) is 35.2 Å². The molecule has 6 heteroatoms. The summed E-state index contributed by atoms with van der Waals surface area (Å²) < 4.78 is 5.36. The van der Waals surface area contributed by atoms with E-state index in [-0.39, 0.29) is 12.3 Å². The summed E-state index contributed by atoms with van der Waals surface area (Å²) in [5.41, 5.74) is 1.71. The number of aromatic nitrogens is 2. The van der Waals surface area contributed by atoms with Crippen molar-refractivity contribution in [2.24, 2.45) is 0 Å². The number of nitrogens with zero attached hydrogens (tertiary/aromatic N) is 2. The second kappa shape index (κ2) is 8.27. The summed E-state index contributed by atoms with van der Waals surface area (Å²) in [6.07, 6.45) is 2.68. The minimum Gasteiger partial charge on any atom is -0.339 e. The predicted octanol–water partition coefficient (Wildman–Crippen LogP) is 5.18. The van der Waals surface area contributed by atoms with Crippen molar-refractivity contribution < 1.29 is 9.32 Å². The molecule has 0 spiro atoms. The van der Waals surface area contributed by atoms with Gasteiger partial charge in [0.05, 0.1) is 0 Å². The number of aryl methyl sites for hydroxylation is 1. The SMILES string of the molecule is CSc1cccc(NC(=O)CCc2nc(-c3cccc4ccccc34)no2)c1. The Morgan fingerprint density at radius 1 is 1.07 bits per heavy atom. The Labute approximate surface area is 167 Å². The van der Waals surface area contributed by atoms with Crippen LogP contribution in [-0.2, 0) is 11.2 Å². The predicted molar refractivity (Wildman–Crippen MR) is 112 cm³/mol. The summed E-state index contributed by atoms with van der Waals surface area (Å²) in [6, 6.07) is 21.8. The molecule has 0 atom stereocenters. The first-order valence-electron chi connectivity index (χ1n) is 8.97. The molecule has 0 saturated carbocycles. The third kappa shape index (κ3) is 4.07. The van der Waals surface area contributed by atoms with E-state index in [0.29, 0.717) is 18.1 Å². The van der Waals surface area contributed by atoms with E-state index in [2.05, 4.69) is 27.6 Å². The monoisotopic (exact) mass is 389 g/mol. The molecule has 3 aromatic carbocycles. The number of anilines is 1. The van der Waals surface area contributed by atoms with Crippen LogP contribution < -0.4 is 5.32 Å². The maximum absolute atomic E-state index is 12.2. The van der Waals surface area contributed by atoms with Gasteiger partial charge in [-0.25, -0.2) is 0 Å². The van der Waals surface area contributed by atoms with Gasteiger partial charge in [-0.15, -0.1) is 11.8 Å². The first-order valence-corrected chi connectivity index (χ1v) is 10.2. The van der Waals surface area contributed by atoms with Crippen LogP contribution in [-0.4, -0.2) is 22.3 Å². The molecule has 1 heterocycles. The zero-order valence-electron chi connectivity index (χ0n) is 15.4. The molecular weight excluding hydrogens is 370 g/mol. The summed E-state index contributed by atoms with van der Waals surface area (Å²) in [7, 11) is 0.